The molecular weight excluding hydrogens is 178 g/mol. The van der Waals surface area contributed by atoms with Crippen LogP contribution in [0.4, 0.5) is 4.79 Å². The lowest BCUT2D eigenvalue weighted by Crippen LogP contribution is -2.48. The van der Waals surface area contributed by atoms with Crippen molar-refractivity contribution in [3.05, 3.63) is 0 Å². The van der Waals surface area contributed by atoms with Gasteiger partial charge in [0, 0.05) is 12.1 Å². The molecule has 1 aliphatic rings. The van der Waals surface area contributed by atoms with Gasteiger partial charge in [-0.25, -0.2) is 4.79 Å². The van der Waals surface area contributed by atoms with E-state index in [1.807, 2.05) is 13.8 Å². The number of carboxylic acid groups (broad SMARTS) is 1. The summed E-state index contributed by atoms with van der Waals surface area (Å²) in [6, 6.07) is 0. The van der Waals surface area contributed by atoms with Crippen molar-refractivity contribution >= 4 is 6.09 Å². The van der Waals surface area contributed by atoms with E-state index in [4.69, 9.17) is 5.11 Å². The van der Waals surface area contributed by atoms with Gasteiger partial charge in [0.25, 0.3) is 0 Å². The second-order valence-electron chi connectivity index (χ2n) is 5.80. The van der Waals surface area contributed by atoms with Gasteiger partial charge in [0.05, 0.1) is 0 Å². The van der Waals surface area contributed by atoms with Gasteiger partial charge in [-0.15, -0.1) is 0 Å². The summed E-state index contributed by atoms with van der Waals surface area (Å²) in [5.74, 6) is 0.436. The van der Waals surface area contributed by atoms with Crippen LogP contribution in [0.3, 0.4) is 0 Å². The number of hydrogen-bond acceptors (Lipinski definition) is 1. The Morgan fingerprint density at radius 3 is 2.14 bits per heavy atom. The van der Waals surface area contributed by atoms with Crippen LogP contribution in [0.25, 0.3) is 0 Å². The molecule has 3 nitrogen and oxygen atoms in total. The molecule has 0 saturated carbocycles. The lowest BCUT2D eigenvalue weighted by molar-refractivity contribution is 0.0725. The smallest absolute Gasteiger partial charge is 0.407 e. The van der Waals surface area contributed by atoms with E-state index in [1.165, 1.54) is 0 Å². The van der Waals surface area contributed by atoms with E-state index >= 15 is 0 Å². The average Bonchev–Trinajstić information content (AvgIpc) is 2.22. The highest BCUT2D eigenvalue weighted by Gasteiger charge is 2.48. The second kappa shape index (κ2) is 3.14. The van der Waals surface area contributed by atoms with E-state index in [0.717, 1.165) is 6.42 Å². The molecule has 3 heteroatoms. The molecule has 0 aromatic heterocycles. The molecule has 82 valence electrons. The summed E-state index contributed by atoms with van der Waals surface area (Å²) in [7, 11) is 0. The Kier molecular flexibility index (Phi) is 2.55. The van der Waals surface area contributed by atoms with Crippen LogP contribution in [0.5, 0.6) is 0 Å². The SMILES string of the molecule is CC(C)(C)C1CCN(C(=O)O)C1(C)C. The minimum absolute atomic E-state index is 0.174. The maximum Gasteiger partial charge on any atom is 0.407 e. The lowest BCUT2D eigenvalue weighted by atomic mass is 9.71. The van der Waals surface area contributed by atoms with Crippen LogP contribution in [-0.4, -0.2) is 28.2 Å². The van der Waals surface area contributed by atoms with Crippen molar-refractivity contribution in [1.82, 2.24) is 4.90 Å². The number of nitrogens with zero attached hydrogens (tertiary/aromatic N) is 1. The van der Waals surface area contributed by atoms with Crippen molar-refractivity contribution < 1.29 is 9.90 Å². The largest absolute Gasteiger partial charge is 0.465 e. The molecular formula is C11H21NO2. The Labute approximate surface area is 86.1 Å². The van der Waals surface area contributed by atoms with E-state index in [9.17, 15) is 4.79 Å². The van der Waals surface area contributed by atoms with Crippen LogP contribution in [0, 0.1) is 11.3 Å². The van der Waals surface area contributed by atoms with Crippen molar-refractivity contribution in [2.45, 2.75) is 46.6 Å². The quantitative estimate of drug-likeness (QED) is 0.651. The Hall–Kier alpha value is -0.730. The van der Waals surface area contributed by atoms with E-state index in [1.54, 1.807) is 4.90 Å². The first kappa shape index (κ1) is 11.3. The third kappa shape index (κ3) is 1.72. The second-order valence-corrected chi connectivity index (χ2v) is 5.80. The van der Waals surface area contributed by atoms with Crippen LogP contribution < -0.4 is 0 Å². The highest BCUT2D eigenvalue weighted by molar-refractivity contribution is 5.66. The average molecular weight is 199 g/mol. The van der Waals surface area contributed by atoms with Crippen molar-refractivity contribution in [2.24, 2.45) is 11.3 Å². The molecule has 0 aromatic rings. The van der Waals surface area contributed by atoms with Gasteiger partial charge in [0.15, 0.2) is 0 Å². The summed E-state index contributed by atoms with van der Waals surface area (Å²) in [5.41, 5.74) is -0.0578. The summed E-state index contributed by atoms with van der Waals surface area (Å²) >= 11 is 0. The van der Waals surface area contributed by atoms with E-state index in [-0.39, 0.29) is 11.0 Å². The van der Waals surface area contributed by atoms with E-state index in [2.05, 4.69) is 20.8 Å². The molecule has 1 rings (SSSR count). The monoisotopic (exact) mass is 199 g/mol. The first-order valence-electron chi connectivity index (χ1n) is 5.18. The zero-order valence-electron chi connectivity index (χ0n) is 9.79. The minimum Gasteiger partial charge on any atom is -0.465 e. The Balaban J connectivity index is 2.92. The molecule has 1 aliphatic heterocycles. The number of carbonyl (C=O) groups is 1. The molecule has 1 unspecified atom stereocenters. The third-order valence-electron chi connectivity index (χ3n) is 3.47. The minimum atomic E-state index is -0.790. The van der Waals surface area contributed by atoms with Gasteiger partial charge < -0.3 is 10.0 Å². The molecule has 0 bridgehead atoms. The number of likely N-dealkylation sites (tertiary alicyclic amines) is 1. The fraction of sp³-hybridized carbons (Fsp3) is 0.909. The van der Waals surface area contributed by atoms with Crippen LogP contribution in [0.15, 0.2) is 0 Å². The molecule has 14 heavy (non-hydrogen) atoms. The highest BCUT2D eigenvalue weighted by Crippen LogP contribution is 2.44. The zero-order valence-corrected chi connectivity index (χ0v) is 9.79. The summed E-state index contributed by atoms with van der Waals surface area (Å²) in [4.78, 5) is 12.6. The van der Waals surface area contributed by atoms with Crippen molar-refractivity contribution in [3.63, 3.8) is 0 Å². The normalized spacial score (nSPS) is 26.6. The van der Waals surface area contributed by atoms with E-state index < -0.39 is 6.09 Å². The van der Waals surface area contributed by atoms with Crippen LogP contribution in [0.1, 0.15) is 41.0 Å². The number of amides is 1. The predicted molar refractivity (Wildman–Crippen MR) is 56.4 cm³/mol. The topological polar surface area (TPSA) is 40.5 Å². The van der Waals surface area contributed by atoms with Gasteiger partial charge in [-0.1, -0.05) is 20.8 Å². The van der Waals surface area contributed by atoms with Crippen molar-refractivity contribution in [1.29, 1.82) is 0 Å². The van der Waals surface area contributed by atoms with Crippen molar-refractivity contribution in [2.75, 3.05) is 6.54 Å². The first-order chi connectivity index (χ1) is 6.17. The maximum atomic E-state index is 11.0. The van der Waals surface area contributed by atoms with E-state index in [0.29, 0.717) is 12.5 Å². The van der Waals surface area contributed by atoms with Crippen LogP contribution in [0.2, 0.25) is 0 Å². The molecule has 0 aliphatic carbocycles. The van der Waals surface area contributed by atoms with Gasteiger partial charge >= 0.3 is 6.09 Å². The first-order valence-corrected chi connectivity index (χ1v) is 5.18. The molecule has 1 amide bonds. The van der Waals surface area contributed by atoms with Crippen LogP contribution in [-0.2, 0) is 0 Å². The lowest BCUT2D eigenvalue weighted by Gasteiger charge is -2.40. The molecule has 0 radical (unpaired) electrons. The van der Waals surface area contributed by atoms with Gasteiger partial charge in [-0.2, -0.15) is 0 Å². The number of hydrogen-bond donors (Lipinski definition) is 1. The zero-order chi connectivity index (χ0) is 11.1. The summed E-state index contributed by atoms with van der Waals surface area (Å²) < 4.78 is 0. The highest BCUT2D eigenvalue weighted by atomic mass is 16.4. The van der Waals surface area contributed by atoms with Crippen LogP contribution >= 0.6 is 0 Å². The number of rotatable bonds is 0. The maximum absolute atomic E-state index is 11.0. The fourth-order valence-corrected chi connectivity index (χ4v) is 2.92. The van der Waals surface area contributed by atoms with Gasteiger partial charge in [-0.05, 0) is 31.6 Å². The standard InChI is InChI=1S/C11H21NO2/c1-10(2,3)8-6-7-12(9(13)14)11(8,4)5/h8H,6-7H2,1-5H3,(H,13,14). The summed E-state index contributed by atoms with van der Waals surface area (Å²) in [6.45, 7) is 11.3. The van der Waals surface area contributed by atoms with Gasteiger partial charge in [0.1, 0.15) is 0 Å². The predicted octanol–water partition coefficient (Wildman–Crippen LogP) is 2.81. The van der Waals surface area contributed by atoms with Crippen molar-refractivity contribution in [3.8, 4) is 0 Å². The molecule has 1 saturated heterocycles. The molecule has 1 heterocycles. The Morgan fingerprint density at radius 2 is 1.93 bits per heavy atom. The summed E-state index contributed by atoms with van der Waals surface area (Å²) in [5, 5.41) is 9.06. The third-order valence-corrected chi connectivity index (χ3v) is 3.47. The van der Waals surface area contributed by atoms with Gasteiger partial charge in [-0.3, -0.25) is 0 Å². The van der Waals surface area contributed by atoms with Gasteiger partial charge in [0.2, 0.25) is 0 Å². The Bertz CT molecular complexity index is 240. The molecule has 1 fully saturated rings. The summed E-state index contributed by atoms with van der Waals surface area (Å²) in [6.07, 6.45) is 0.185. The Morgan fingerprint density at radius 1 is 1.43 bits per heavy atom. The molecule has 1 N–H and O–H groups in total. The fourth-order valence-electron chi connectivity index (χ4n) is 2.92. The molecule has 0 aromatic carbocycles. The molecule has 0 spiro atoms. The molecule has 1 atom stereocenters.